The number of hydrogen-bond donors (Lipinski definition) is 1. The Morgan fingerprint density at radius 1 is 1.28 bits per heavy atom. The predicted molar refractivity (Wildman–Crippen MR) is 99.6 cm³/mol. The molecule has 0 aliphatic rings. The summed E-state index contributed by atoms with van der Waals surface area (Å²) in [7, 11) is 0. The van der Waals surface area contributed by atoms with Crippen LogP contribution in [-0.4, -0.2) is 26.8 Å². The highest BCUT2D eigenvalue weighted by Crippen LogP contribution is 2.22. The minimum atomic E-state index is -0.387. The van der Waals surface area contributed by atoms with E-state index in [4.69, 9.17) is 0 Å². The summed E-state index contributed by atoms with van der Waals surface area (Å²) >= 11 is 3.03. The van der Waals surface area contributed by atoms with Crippen LogP contribution in [0.25, 0.3) is 15.2 Å². The topological polar surface area (TPSA) is 76.4 Å². The van der Waals surface area contributed by atoms with Gasteiger partial charge in [-0.25, -0.2) is 9.97 Å². The molecule has 4 rings (SSSR count). The van der Waals surface area contributed by atoms with E-state index in [1.807, 2.05) is 18.2 Å². The fraction of sp³-hybridized carbons (Fsp3) is 0.176. The number of para-hydroxylation sites is 1. The molecule has 0 aliphatic carbocycles. The number of carbonyl (C=O) groups is 1. The van der Waals surface area contributed by atoms with Crippen molar-refractivity contribution >= 4 is 43.8 Å². The van der Waals surface area contributed by atoms with Crippen LogP contribution in [0.15, 0.2) is 46.8 Å². The lowest BCUT2D eigenvalue weighted by Gasteiger charge is -2.04. The number of nitrogens with one attached hydrogen (secondary N) is 1. The summed E-state index contributed by atoms with van der Waals surface area (Å²) < 4.78 is 2.56. The lowest BCUT2D eigenvalue weighted by molar-refractivity contribution is 0.0951. The second-order valence-electron chi connectivity index (χ2n) is 5.47. The molecule has 25 heavy (non-hydrogen) atoms. The third kappa shape index (κ3) is 3.18. The minimum absolute atomic E-state index is 0.0656. The van der Waals surface area contributed by atoms with Crippen LogP contribution in [0, 0.1) is 0 Å². The predicted octanol–water partition coefficient (Wildman–Crippen LogP) is 2.73. The van der Waals surface area contributed by atoms with Gasteiger partial charge in [0, 0.05) is 30.7 Å². The first kappa shape index (κ1) is 15.9. The highest BCUT2D eigenvalue weighted by atomic mass is 32.1. The molecule has 1 amide bonds. The van der Waals surface area contributed by atoms with Gasteiger partial charge < -0.3 is 5.32 Å². The van der Waals surface area contributed by atoms with Gasteiger partial charge in [0.15, 0.2) is 4.96 Å². The van der Waals surface area contributed by atoms with Crippen molar-refractivity contribution in [3.8, 4) is 0 Å². The Morgan fingerprint density at radius 2 is 2.16 bits per heavy atom. The van der Waals surface area contributed by atoms with E-state index < -0.39 is 0 Å². The van der Waals surface area contributed by atoms with Gasteiger partial charge in [-0.15, -0.1) is 22.7 Å². The van der Waals surface area contributed by atoms with Gasteiger partial charge in [0.2, 0.25) is 0 Å². The maximum absolute atomic E-state index is 12.2. The van der Waals surface area contributed by atoms with Gasteiger partial charge in [0.1, 0.15) is 5.56 Å². The average Bonchev–Trinajstić information content (AvgIpc) is 3.25. The first-order chi connectivity index (χ1) is 12.2. The second kappa shape index (κ2) is 6.73. The van der Waals surface area contributed by atoms with E-state index in [0.717, 1.165) is 23.4 Å². The first-order valence-electron chi connectivity index (χ1n) is 7.80. The van der Waals surface area contributed by atoms with Crippen LogP contribution in [0.5, 0.6) is 0 Å². The molecular formula is C17H14N4O2S2. The van der Waals surface area contributed by atoms with Crippen LogP contribution >= 0.6 is 22.7 Å². The second-order valence-corrected chi connectivity index (χ2v) is 7.46. The van der Waals surface area contributed by atoms with Crippen molar-refractivity contribution in [3.63, 3.8) is 0 Å². The number of hydrogen-bond acceptors (Lipinski definition) is 6. The molecule has 0 fully saturated rings. The zero-order chi connectivity index (χ0) is 17.2. The van der Waals surface area contributed by atoms with Crippen molar-refractivity contribution in [1.82, 2.24) is 19.7 Å². The van der Waals surface area contributed by atoms with Crippen molar-refractivity contribution in [2.24, 2.45) is 0 Å². The van der Waals surface area contributed by atoms with E-state index in [0.29, 0.717) is 11.5 Å². The molecule has 4 aromatic rings. The lowest BCUT2D eigenvalue weighted by atomic mass is 10.3. The number of benzene rings is 1. The Kier molecular flexibility index (Phi) is 4.29. The molecular weight excluding hydrogens is 356 g/mol. The van der Waals surface area contributed by atoms with E-state index in [9.17, 15) is 9.59 Å². The normalized spacial score (nSPS) is 11.2. The van der Waals surface area contributed by atoms with Crippen LogP contribution in [-0.2, 0) is 6.42 Å². The molecule has 8 heteroatoms. The lowest BCUT2D eigenvalue weighted by Crippen LogP contribution is -2.31. The SMILES string of the molecule is O=C(NCCCc1nc2ccccc2s1)c1cnc2sccn2c1=O. The molecule has 1 aromatic carbocycles. The summed E-state index contributed by atoms with van der Waals surface area (Å²) in [6.07, 6.45) is 4.53. The molecule has 6 nitrogen and oxygen atoms in total. The number of nitrogens with zero attached hydrogens (tertiary/aromatic N) is 3. The van der Waals surface area contributed by atoms with E-state index in [1.54, 1.807) is 22.9 Å². The van der Waals surface area contributed by atoms with E-state index >= 15 is 0 Å². The summed E-state index contributed by atoms with van der Waals surface area (Å²) in [5.74, 6) is -0.387. The van der Waals surface area contributed by atoms with Gasteiger partial charge in [-0.3, -0.25) is 14.0 Å². The quantitative estimate of drug-likeness (QED) is 0.548. The Hall–Kier alpha value is -2.58. The average molecular weight is 370 g/mol. The van der Waals surface area contributed by atoms with Crippen molar-refractivity contribution in [2.75, 3.05) is 6.54 Å². The largest absolute Gasteiger partial charge is 0.352 e. The first-order valence-corrected chi connectivity index (χ1v) is 9.49. The molecule has 1 N–H and O–H groups in total. The number of amides is 1. The number of carbonyl (C=O) groups excluding carboxylic acids is 1. The third-order valence-electron chi connectivity index (χ3n) is 3.78. The summed E-state index contributed by atoms with van der Waals surface area (Å²) in [6, 6.07) is 8.03. The van der Waals surface area contributed by atoms with Crippen LogP contribution in [0.2, 0.25) is 0 Å². The summed E-state index contributed by atoms with van der Waals surface area (Å²) in [5, 5.41) is 5.61. The van der Waals surface area contributed by atoms with Crippen LogP contribution in [0.1, 0.15) is 21.8 Å². The molecule has 0 spiro atoms. The number of thiazole rings is 2. The van der Waals surface area contributed by atoms with Crippen molar-refractivity contribution in [3.05, 3.63) is 63.0 Å². The van der Waals surface area contributed by atoms with Gasteiger partial charge >= 0.3 is 0 Å². The maximum Gasteiger partial charge on any atom is 0.271 e. The van der Waals surface area contributed by atoms with Gasteiger partial charge in [-0.05, 0) is 18.6 Å². The number of aryl methyl sites for hydroxylation is 1. The summed E-state index contributed by atoms with van der Waals surface area (Å²) in [4.78, 5) is 33.7. The summed E-state index contributed by atoms with van der Waals surface area (Å²) in [5.41, 5.74) is 0.737. The van der Waals surface area contributed by atoms with Crippen molar-refractivity contribution in [2.45, 2.75) is 12.8 Å². The molecule has 0 radical (unpaired) electrons. The smallest absolute Gasteiger partial charge is 0.271 e. The van der Waals surface area contributed by atoms with Crippen molar-refractivity contribution in [1.29, 1.82) is 0 Å². The monoisotopic (exact) mass is 370 g/mol. The Labute approximate surface area is 150 Å². The van der Waals surface area contributed by atoms with E-state index in [2.05, 4.69) is 21.4 Å². The van der Waals surface area contributed by atoms with Crippen LogP contribution in [0.4, 0.5) is 0 Å². The standard InChI is InChI=1S/C17H14N4O2S2/c22-15(11-10-19-17-21(16(11)23)8-9-24-17)18-7-3-6-14-20-12-4-1-2-5-13(12)25-14/h1-2,4-5,8-10H,3,6-7H2,(H,18,22). The van der Waals surface area contributed by atoms with E-state index in [-0.39, 0.29) is 17.0 Å². The van der Waals surface area contributed by atoms with E-state index in [1.165, 1.54) is 26.6 Å². The maximum atomic E-state index is 12.2. The Bertz CT molecular complexity index is 1080. The molecule has 0 aliphatic heterocycles. The number of fused-ring (bicyclic) bond motifs is 2. The number of aromatic nitrogens is 3. The molecule has 0 saturated heterocycles. The van der Waals surface area contributed by atoms with Gasteiger partial charge in [-0.2, -0.15) is 0 Å². The Morgan fingerprint density at radius 3 is 3.04 bits per heavy atom. The molecule has 126 valence electrons. The minimum Gasteiger partial charge on any atom is -0.352 e. The third-order valence-corrected chi connectivity index (χ3v) is 5.65. The molecule has 0 saturated carbocycles. The number of rotatable bonds is 5. The van der Waals surface area contributed by atoms with Crippen LogP contribution in [0.3, 0.4) is 0 Å². The molecule has 0 atom stereocenters. The van der Waals surface area contributed by atoms with Gasteiger partial charge in [0.25, 0.3) is 11.5 Å². The Balaban J connectivity index is 1.36. The van der Waals surface area contributed by atoms with Crippen molar-refractivity contribution < 1.29 is 4.79 Å². The van der Waals surface area contributed by atoms with Gasteiger partial charge in [-0.1, -0.05) is 12.1 Å². The van der Waals surface area contributed by atoms with Crippen LogP contribution < -0.4 is 10.9 Å². The van der Waals surface area contributed by atoms with Gasteiger partial charge in [0.05, 0.1) is 15.2 Å². The fourth-order valence-corrected chi connectivity index (χ4v) is 4.23. The highest BCUT2D eigenvalue weighted by Gasteiger charge is 2.13. The zero-order valence-corrected chi connectivity index (χ0v) is 14.8. The zero-order valence-electron chi connectivity index (χ0n) is 13.1. The fourth-order valence-electron chi connectivity index (χ4n) is 2.54. The molecule has 0 bridgehead atoms. The molecule has 0 unspecified atom stereocenters. The molecule has 3 heterocycles. The highest BCUT2D eigenvalue weighted by molar-refractivity contribution is 7.18. The summed E-state index contributed by atoms with van der Waals surface area (Å²) in [6.45, 7) is 0.487. The molecule has 3 aromatic heterocycles.